The largest absolute Gasteiger partial charge is 0 e. The normalized spacial score (nSPS) is 1.00. The van der Waals surface area contributed by atoms with E-state index in [0.29, 0.717) is 0 Å². The maximum absolute atomic E-state index is 7.81. The zero-order chi connectivity index (χ0) is 2.00. The van der Waals surface area contributed by atoms with Crippen LogP contribution in [0.4, 0.5) is 0 Å². The minimum absolute atomic E-state index is 0. The molecule has 0 atom stereocenters. The molecule has 0 aliphatic heterocycles. The SMILES string of the molecule is [Ba+2].[Ca+2].[H-].[H-].[H-].[H-].[Hg].[O]=[Cu].[Tl]. The molecular formula is H4BaCaCuHgOTl. The molecule has 0 N–H and O–H groups in total. The summed E-state index contributed by atoms with van der Waals surface area (Å²) in [6.45, 7) is 0. The summed E-state index contributed by atoms with van der Waals surface area (Å²) in [6.07, 6.45) is 0. The molecule has 0 aliphatic rings. The van der Waals surface area contributed by atoms with Crippen LogP contribution in [0.1, 0.15) is 5.71 Å². The summed E-state index contributed by atoms with van der Waals surface area (Å²) in [4.78, 5) is 0. The van der Waals surface area contributed by atoms with Crippen LogP contribution in [0.2, 0.25) is 0 Å². The van der Waals surface area contributed by atoms with E-state index in [4.69, 9.17) is 3.83 Å². The van der Waals surface area contributed by atoms with E-state index in [2.05, 4.69) is 15.9 Å². The van der Waals surface area contributed by atoms with Gasteiger partial charge in [-0.2, -0.15) is 0 Å². The fourth-order valence-electron chi connectivity index (χ4n) is 0. The van der Waals surface area contributed by atoms with Gasteiger partial charge in [0.1, 0.15) is 0 Å². The molecule has 0 heterocycles. The summed E-state index contributed by atoms with van der Waals surface area (Å²) in [5.41, 5.74) is 0. The first-order valence-corrected chi connectivity index (χ1v) is 0.508. The zero-order valence-electron chi connectivity index (χ0n) is 7.41. The van der Waals surface area contributed by atoms with E-state index in [0.717, 1.165) is 0 Å². The summed E-state index contributed by atoms with van der Waals surface area (Å²) in [5, 5.41) is 0. The minimum atomic E-state index is 0. The molecule has 0 fully saturated rings. The Morgan fingerprint density at radius 2 is 1.33 bits per heavy atom. The number of rotatable bonds is 0. The molecule has 30 valence electrons. The molecule has 1 nitrogen and oxygen atoms in total. The molecule has 0 saturated heterocycles. The molecule has 1 radical (unpaired) electrons. The van der Waals surface area contributed by atoms with Gasteiger partial charge in [-0.25, -0.2) is 0 Å². The second kappa shape index (κ2) is 32.4. The minimum Gasteiger partial charge on any atom is 0 e. The first kappa shape index (κ1) is 30.5. The van der Waals surface area contributed by atoms with E-state index >= 15 is 0 Å². The number of hydrogen-bond acceptors (Lipinski definition) is 1. The van der Waals surface area contributed by atoms with Crippen molar-refractivity contribution in [1.29, 1.82) is 0 Å². The second-order valence-corrected chi connectivity index (χ2v) is 0. The monoisotopic (exact) mass is 668 g/mol. The molecule has 0 bridgehead atoms. The fraction of sp³-hybridized carbons (Fsp3) is 0. The predicted octanol–water partition coefficient (Wildman–Crippen LogP) is -0.816. The van der Waals surface area contributed by atoms with Gasteiger partial charge in [0.15, 0.2) is 0 Å². The Morgan fingerprint density at radius 1 is 1.33 bits per heavy atom. The number of hydrogen-bond donors (Lipinski definition) is 0. The molecule has 0 saturated carbocycles. The van der Waals surface area contributed by atoms with Gasteiger partial charge in [0.2, 0.25) is 0 Å². The van der Waals surface area contributed by atoms with Crippen LogP contribution in [0.5, 0.6) is 0 Å². The fourth-order valence-corrected chi connectivity index (χ4v) is 0. The standard InChI is InChI=1S/Ba.Ca.Cu.Hg.O.Tl.4H/q2*+2;;;;;4*-1. The van der Waals surface area contributed by atoms with Crippen molar-refractivity contribution in [3.8, 4) is 0 Å². The summed E-state index contributed by atoms with van der Waals surface area (Å²) in [5.74, 6) is 0. The van der Waals surface area contributed by atoms with E-state index in [9.17, 15) is 0 Å². The van der Waals surface area contributed by atoms with Crippen molar-refractivity contribution in [3.05, 3.63) is 0 Å². The second-order valence-electron chi connectivity index (χ2n) is 0. The van der Waals surface area contributed by atoms with Gasteiger partial charge in [0, 0.05) is 55.0 Å². The van der Waals surface area contributed by atoms with Crippen LogP contribution in [-0.4, -0.2) is 114 Å². The maximum Gasteiger partial charge on any atom is 0 e. The third-order valence-electron chi connectivity index (χ3n) is 0. The van der Waals surface area contributed by atoms with E-state index in [1.807, 2.05) is 0 Å². The summed E-state index contributed by atoms with van der Waals surface area (Å²) in [6, 6.07) is 0. The summed E-state index contributed by atoms with van der Waals surface area (Å²) >= 11 is 2.94. The first-order valence-electron chi connectivity index (χ1n) is 0.123. The van der Waals surface area contributed by atoms with Crippen LogP contribution in [0.3, 0.4) is 0 Å². The van der Waals surface area contributed by atoms with Crippen molar-refractivity contribution < 1.29 is 53.2 Å². The molecule has 0 aromatic heterocycles. The van der Waals surface area contributed by atoms with Crippen LogP contribution in [0.25, 0.3) is 0 Å². The van der Waals surface area contributed by atoms with Gasteiger partial charge in [-0.3, -0.25) is 0 Å². The Labute approximate surface area is 162 Å². The maximum atomic E-state index is 7.81. The Kier molecular flexibility index (Phi) is 165. The van der Waals surface area contributed by atoms with Crippen molar-refractivity contribution in [2.45, 2.75) is 0 Å². The van der Waals surface area contributed by atoms with Gasteiger partial charge in [-0.05, 0) is 0 Å². The Balaban J connectivity index is -0.000000000179. The molecule has 0 unspecified atom stereocenters. The molecular weight excluding hydrogens is 662 g/mol. The van der Waals surface area contributed by atoms with E-state index in [1.54, 1.807) is 0 Å². The smallest absolute Gasteiger partial charge is 0 e. The van der Waals surface area contributed by atoms with Crippen molar-refractivity contribution >= 4 is 114 Å². The van der Waals surface area contributed by atoms with Crippen LogP contribution >= 0.6 is 0 Å². The molecule has 6 heavy (non-hydrogen) atoms. The molecule has 6 heteroatoms. The zero-order valence-corrected chi connectivity index (χ0v) is 21.0. The van der Waals surface area contributed by atoms with Gasteiger partial charge in [-0.1, -0.05) is 0 Å². The molecule has 0 rings (SSSR count). The Bertz CT molecular complexity index is 25.2. The molecule has 0 aromatic carbocycles. The Morgan fingerprint density at radius 3 is 1.33 bits per heavy atom. The molecule has 0 aromatic rings. The average Bonchev–Trinajstić information content (AvgIpc) is 1.00. The van der Waals surface area contributed by atoms with Crippen molar-refractivity contribution in [1.82, 2.24) is 0 Å². The van der Waals surface area contributed by atoms with Gasteiger partial charge in [0.25, 0.3) is 0 Å². The van der Waals surface area contributed by atoms with Crippen molar-refractivity contribution in [2.75, 3.05) is 0 Å². The molecule has 0 spiro atoms. The van der Waals surface area contributed by atoms with Gasteiger partial charge < -0.3 is 5.71 Å². The van der Waals surface area contributed by atoms with Gasteiger partial charge in [-0.15, -0.1) is 0 Å². The topological polar surface area (TPSA) is 17.1 Å². The van der Waals surface area contributed by atoms with Crippen molar-refractivity contribution in [2.24, 2.45) is 0 Å². The molecule has 0 amide bonds. The van der Waals surface area contributed by atoms with Crippen LogP contribution in [0.15, 0.2) is 0 Å². The third-order valence-corrected chi connectivity index (χ3v) is 0. The van der Waals surface area contributed by atoms with Crippen molar-refractivity contribution in [3.63, 3.8) is 0 Å². The predicted molar refractivity (Wildman–Crippen MR) is 22.4 cm³/mol. The summed E-state index contributed by atoms with van der Waals surface area (Å²) < 4.78 is 7.81. The van der Waals surface area contributed by atoms with Crippen LogP contribution < -0.4 is 0 Å². The summed E-state index contributed by atoms with van der Waals surface area (Å²) in [7, 11) is 0. The third kappa shape index (κ3) is 23.0. The van der Waals surface area contributed by atoms with E-state index in [1.165, 1.54) is 0 Å². The van der Waals surface area contributed by atoms with Crippen LogP contribution in [-0.2, 0) is 47.4 Å². The first-order chi connectivity index (χ1) is 1.00. The Hall–Kier alpha value is 5.01. The van der Waals surface area contributed by atoms with Crippen LogP contribution in [0, 0.1) is 0 Å². The molecule has 0 aliphatic carbocycles. The average molecular weight is 666 g/mol. The van der Waals surface area contributed by atoms with Gasteiger partial charge >= 0.3 is 106 Å². The van der Waals surface area contributed by atoms with E-state index in [-0.39, 0.29) is 147 Å². The van der Waals surface area contributed by atoms with Gasteiger partial charge in [0.05, 0.1) is 0 Å². The van der Waals surface area contributed by atoms with E-state index < -0.39 is 0 Å². The quantitative estimate of drug-likeness (QED) is 0.310.